The SMILES string of the molecule is Cc1cc(NC(=O)CSCC(=O)Nc2cccnc2)no1. The number of nitrogens with zero attached hydrogens (tertiary/aromatic N) is 2. The Morgan fingerprint density at radius 3 is 2.67 bits per heavy atom. The molecule has 2 N–H and O–H groups in total. The van der Waals surface area contributed by atoms with E-state index in [1.54, 1.807) is 37.5 Å². The smallest absolute Gasteiger partial charge is 0.235 e. The number of carbonyl (C=O) groups is 2. The van der Waals surface area contributed by atoms with Crippen LogP contribution in [0.5, 0.6) is 0 Å². The number of hydrogen-bond donors (Lipinski definition) is 2. The van der Waals surface area contributed by atoms with E-state index in [-0.39, 0.29) is 23.3 Å². The van der Waals surface area contributed by atoms with Crippen molar-refractivity contribution in [3.05, 3.63) is 36.4 Å². The highest BCUT2D eigenvalue weighted by Gasteiger charge is 2.08. The van der Waals surface area contributed by atoms with Crippen molar-refractivity contribution in [2.45, 2.75) is 6.92 Å². The number of amides is 2. The molecule has 2 aromatic heterocycles. The van der Waals surface area contributed by atoms with Crippen molar-refractivity contribution >= 4 is 35.1 Å². The van der Waals surface area contributed by atoms with Gasteiger partial charge in [-0.15, -0.1) is 11.8 Å². The average molecular weight is 306 g/mol. The summed E-state index contributed by atoms with van der Waals surface area (Å²) in [5, 5.41) is 8.92. The Hall–Kier alpha value is -2.35. The predicted octanol–water partition coefficient (Wildman–Crippen LogP) is 1.69. The van der Waals surface area contributed by atoms with Crippen LogP contribution in [0.2, 0.25) is 0 Å². The van der Waals surface area contributed by atoms with Gasteiger partial charge in [0.05, 0.1) is 23.4 Å². The second-order valence-electron chi connectivity index (χ2n) is 4.15. The number of pyridine rings is 1. The first-order chi connectivity index (χ1) is 10.1. The second-order valence-corrected chi connectivity index (χ2v) is 5.14. The Morgan fingerprint density at radius 1 is 1.29 bits per heavy atom. The van der Waals surface area contributed by atoms with Crippen LogP contribution in [-0.4, -0.2) is 33.5 Å². The summed E-state index contributed by atoms with van der Waals surface area (Å²) in [6.45, 7) is 1.74. The molecule has 0 saturated carbocycles. The lowest BCUT2D eigenvalue weighted by Gasteiger charge is -2.04. The molecular weight excluding hydrogens is 292 g/mol. The molecule has 2 rings (SSSR count). The van der Waals surface area contributed by atoms with E-state index in [1.807, 2.05) is 0 Å². The molecule has 0 unspecified atom stereocenters. The summed E-state index contributed by atoms with van der Waals surface area (Å²) in [7, 11) is 0. The summed E-state index contributed by atoms with van der Waals surface area (Å²) in [5.41, 5.74) is 0.630. The third kappa shape index (κ3) is 5.27. The minimum absolute atomic E-state index is 0.159. The molecule has 110 valence electrons. The van der Waals surface area contributed by atoms with Crippen molar-refractivity contribution in [3.63, 3.8) is 0 Å². The van der Waals surface area contributed by atoms with Crippen LogP contribution in [0.15, 0.2) is 35.1 Å². The molecule has 0 bridgehead atoms. The highest BCUT2D eigenvalue weighted by atomic mass is 32.2. The van der Waals surface area contributed by atoms with Gasteiger partial charge in [0, 0.05) is 12.3 Å². The first kappa shape index (κ1) is 15.0. The van der Waals surface area contributed by atoms with Gasteiger partial charge in [-0.25, -0.2) is 0 Å². The first-order valence-corrected chi connectivity index (χ1v) is 7.30. The molecule has 2 amide bonds. The number of anilines is 2. The Kier molecular flexibility index (Phi) is 5.33. The highest BCUT2D eigenvalue weighted by Crippen LogP contribution is 2.09. The first-order valence-electron chi connectivity index (χ1n) is 6.14. The number of carbonyl (C=O) groups excluding carboxylic acids is 2. The van der Waals surface area contributed by atoms with E-state index in [1.165, 1.54) is 11.8 Å². The molecule has 2 aromatic rings. The summed E-state index contributed by atoms with van der Waals surface area (Å²) in [6, 6.07) is 5.10. The molecule has 21 heavy (non-hydrogen) atoms. The zero-order valence-electron chi connectivity index (χ0n) is 11.3. The van der Waals surface area contributed by atoms with Crippen LogP contribution >= 0.6 is 11.8 Å². The monoisotopic (exact) mass is 306 g/mol. The zero-order valence-corrected chi connectivity index (χ0v) is 12.1. The summed E-state index contributed by atoms with van der Waals surface area (Å²) >= 11 is 1.21. The zero-order chi connectivity index (χ0) is 15.1. The molecule has 0 aliphatic heterocycles. The summed E-state index contributed by atoms with van der Waals surface area (Å²) < 4.78 is 4.83. The van der Waals surface area contributed by atoms with Crippen molar-refractivity contribution in [1.29, 1.82) is 0 Å². The predicted molar refractivity (Wildman–Crippen MR) is 80.1 cm³/mol. The van der Waals surface area contributed by atoms with Crippen LogP contribution < -0.4 is 10.6 Å². The van der Waals surface area contributed by atoms with Crippen LogP contribution in [0.25, 0.3) is 0 Å². The topological polar surface area (TPSA) is 97.1 Å². The van der Waals surface area contributed by atoms with Crippen molar-refractivity contribution in [2.24, 2.45) is 0 Å². The maximum Gasteiger partial charge on any atom is 0.235 e. The van der Waals surface area contributed by atoms with Crippen LogP contribution in [0.1, 0.15) is 5.76 Å². The minimum Gasteiger partial charge on any atom is -0.360 e. The van der Waals surface area contributed by atoms with Gasteiger partial charge < -0.3 is 15.2 Å². The van der Waals surface area contributed by atoms with E-state index >= 15 is 0 Å². The molecular formula is C13H14N4O3S. The van der Waals surface area contributed by atoms with E-state index in [0.29, 0.717) is 17.3 Å². The van der Waals surface area contributed by atoms with Gasteiger partial charge >= 0.3 is 0 Å². The molecule has 0 saturated heterocycles. The molecule has 8 heteroatoms. The van der Waals surface area contributed by atoms with E-state index in [2.05, 4.69) is 20.8 Å². The molecule has 0 fully saturated rings. The number of aryl methyl sites for hydroxylation is 1. The van der Waals surface area contributed by atoms with E-state index < -0.39 is 0 Å². The fourth-order valence-electron chi connectivity index (χ4n) is 1.47. The number of thioether (sulfide) groups is 1. The van der Waals surface area contributed by atoms with Crippen LogP contribution in [0, 0.1) is 6.92 Å². The molecule has 0 atom stereocenters. The van der Waals surface area contributed by atoms with Crippen molar-refractivity contribution < 1.29 is 14.1 Å². The third-order valence-corrected chi connectivity index (χ3v) is 3.24. The second kappa shape index (κ2) is 7.44. The van der Waals surface area contributed by atoms with Crippen molar-refractivity contribution in [2.75, 3.05) is 22.1 Å². The lowest BCUT2D eigenvalue weighted by molar-refractivity contribution is -0.114. The Labute approximate surface area is 125 Å². The van der Waals surface area contributed by atoms with Gasteiger partial charge in [0.15, 0.2) is 5.82 Å². The lowest BCUT2D eigenvalue weighted by atomic mass is 10.4. The molecule has 7 nitrogen and oxygen atoms in total. The maximum atomic E-state index is 11.6. The highest BCUT2D eigenvalue weighted by molar-refractivity contribution is 8.00. The van der Waals surface area contributed by atoms with Gasteiger partial charge in [-0.2, -0.15) is 0 Å². The van der Waals surface area contributed by atoms with Gasteiger partial charge in [-0.1, -0.05) is 5.16 Å². The van der Waals surface area contributed by atoms with Gasteiger partial charge in [0.25, 0.3) is 0 Å². The van der Waals surface area contributed by atoms with Crippen LogP contribution in [0.4, 0.5) is 11.5 Å². The summed E-state index contributed by atoms with van der Waals surface area (Å²) in [5.74, 6) is 0.916. The van der Waals surface area contributed by atoms with Crippen LogP contribution in [0.3, 0.4) is 0 Å². The fourth-order valence-corrected chi connectivity index (χ4v) is 2.09. The fraction of sp³-hybridized carbons (Fsp3) is 0.231. The largest absolute Gasteiger partial charge is 0.360 e. The van der Waals surface area contributed by atoms with Gasteiger partial charge in [-0.05, 0) is 19.1 Å². The Balaban J connectivity index is 1.67. The molecule has 2 heterocycles. The van der Waals surface area contributed by atoms with E-state index in [4.69, 9.17) is 4.52 Å². The molecule has 0 aliphatic carbocycles. The third-order valence-electron chi connectivity index (χ3n) is 2.31. The van der Waals surface area contributed by atoms with Crippen LogP contribution in [-0.2, 0) is 9.59 Å². The molecule has 0 aromatic carbocycles. The van der Waals surface area contributed by atoms with E-state index in [0.717, 1.165) is 0 Å². The Bertz CT molecular complexity index is 615. The molecule has 0 radical (unpaired) electrons. The quantitative estimate of drug-likeness (QED) is 0.843. The van der Waals surface area contributed by atoms with Crippen molar-refractivity contribution in [1.82, 2.24) is 10.1 Å². The normalized spacial score (nSPS) is 10.1. The van der Waals surface area contributed by atoms with Crippen molar-refractivity contribution in [3.8, 4) is 0 Å². The number of hydrogen-bond acceptors (Lipinski definition) is 6. The standard InChI is InChI=1S/C13H14N4O3S/c1-9-5-11(17-20-9)16-13(19)8-21-7-12(18)15-10-3-2-4-14-6-10/h2-6H,7-8H2,1H3,(H,15,18)(H,16,17,19). The lowest BCUT2D eigenvalue weighted by Crippen LogP contribution is -2.18. The summed E-state index contributed by atoms with van der Waals surface area (Å²) in [6.07, 6.45) is 3.18. The Morgan fingerprint density at radius 2 is 2.05 bits per heavy atom. The minimum atomic E-state index is -0.234. The number of nitrogens with one attached hydrogen (secondary N) is 2. The number of aromatic nitrogens is 2. The van der Waals surface area contributed by atoms with E-state index in [9.17, 15) is 9.59 Å². The number of rotatable bonds is 6. The van der Waals surface area contributed by atoms with Gasteiger partial charge in [-0.3, -0.25) is 14.6 Å². The molecule has 0 spiro atoms. The molecule has 0 aliphatic rings. The maximum absolute atomic E-state index is 11.6. The summed E-state index contributed by atoms with van der Waals surface area (Å²) in [4.78, 5) is 27.1. The average Bonchev–Trinajstić information content (AvgIpc) is 2.85. The van der Waals surface area contributed by atoms with Gasteiger partial charge in [0.2, 0.25) is 11.8 Å². The van der Waals surface area contributed by atoms with Gasteiger partial charge in [0.1, 0.15) is 5.76 Å².